The first-order chi connectivity index (χ1) is 10.2. The van der Waals surface area contributed by atoms with Gasteiger partial charge < -0.3 is 14.5 Å². The lowest BCUT2D eigenvalue weighted by molar-refractivity contribution is 0.675. The highest BCUT2D eigenvalue weighted by Crippen LogP contribution is 2.22. The number of H-pyrrole nitrogens is 1. The van der Waals surface area contributed by atoms with Gasteiger partial charge in [-0.25, -0.2) is 9.97 Å². The molecule has 0 fully saturated rings. The van der Waals surface area contributed by atoms with E-state index >= 15 is 0 Å². The van der Waals surface area contributed by atoms with Crippen molar-refractivity contribution in [3.05, 3.63) is 61.2 Å². The Labute approximate surface area is 124 Å². The largest absolute Gasteiger partial charge is 0.363 e. The van der Waals surface area contributed by atoms with E-state index in [0.717, 1.165) is 17.9 Å². The molecule has 0 spiro atoms. The Morgan fingerprint density at radius 2 is 2.19 bits per heavy atom. The molecule has 21 heavy (non-hydrogen) atoms. The average molecular weight is 281 g/mol. The van der Waals surface area contributed by atoms with Crippen LogP contribution in [0.5, 0.6) is 0 Å². The molecule has 2 heterocycles. The third-order valence-corrected chi connectivity index (χ3v) is 3.48. The second kappa shape index (κ2) is 5.83. The first-order valence-electron chi connectivity index (χ1n) is 7.06. The minimum absolute atomic E-state index is 0.395. The van der Waals surface area contributed by atoms with Crippen LogP contribution in [0.25, 0.3) is 5.69 Å². The van der Waals surface area contributed by atoms with Gasteiger partial charge in [-0.15, -0.1) is 0 Å². The van der Waals surface area contributed by atoms with Crippen molar-refractivity contribution >= 4 is 5.69 Å². The molecular weight excluding hydrogens is 262 g/mol. The van der Waals surface area contributed by atoms with Crippen LogP contribution < -0.4 is 4.90 Å². The Morgan fingerprint density at radius 3 is 2.86 bits per heavy atom. The number of hydrogen-bond donors (Lipinski definition) is 1. The molecule has 0 aliphatic rings. The summed E-state index contributed by atoms with van der Waals surface area (Å²) in [5.41, 5.74) is 3.41. The standard InChI is InChI=1S/C16H19N5/c1-13(2)21(10-14-9-18-11-19-14)16-5-3-4-15(8-16)20-7-6-17-12-20/h3-9,11-13H,10H2,1-2H3,(H,18,19). The van der Waals surface area contributed by atoms with Crippen molar-refractivity contribution in [3.63, 3.8) is 0 Å². The lowest BCUT2D eigenvalue weighted by atomic mass is 10.2. The van der Waals surface area contributed by atoms with E-state index in [1.165, 1.54) is 5.69 Å². The zero-order chi connectivity index (χ0) is 14.7. The number of nitrogens with one attached hydrogen (secondary N) is 1. The van der Waals surface area contributed by atoms with Crippen molar-refractivity contribution in [2.45, 2.75) is 26.4 Å². The normalized spacial score (nSPS) is 11.0. The zero-order valence-electron chi connectivity index (χ0n) is 12.3. The Balaban J connectivity index is 1.91. The molecule has 0 aliphatic heterocycles. The monoisotopic (exact) mass is 281 g/mol. The van der Waals surface area contributed by atoms with Gasteiger partial charge >= 0.3 is 0 Å². The zero-order valence-corrected chi connectivity index (χ0v) is 12.3. The molecule has 108 valence electrons. The molecule has 0 atom stereocenters. The van der Waals surface area contributed by atoms with Gasteiger partial charge in [-0.2, -0.15) is 0 Å². The number of hydrogen-bond acceptors (Lipinski definition) is 3. The van der Waals surface area contributed by atoms with Gasteiger partial charge in [0.15, 0.2) is 0 Å². The molecule has 1 N–H and O–H groups in total. The van der Waals surface area contributed by atoms with Crippen LogP contribution in [0.15, 0.2) is 55.5 Å². The van der Waals surface area contributed by atoms with Gasteiger partial charge in [-0.05, 0) is 32.0 Å². The lowest BCUT2D eigenvalue weighted by Crippen LogP contribution is -2.30. The molecule has 1 aromatic carbocycles. The van der Waals surface area contributed by atoms with Gasteiger partial charge in [0.05, 0.1) is 24.9 Å². The predicted octanol–water partition coefficient (Wildman–Crippen LogP) is 3.01. The van der Waals surface area contributed by atoms with E-state index in [0.29, 0.717) is 6.04 Å². The minimum atomic E-state index is 0.395. The van der Waals surface area contributed by atoms with E-state index in [-0.39, 0.29) is 0 Å². The topological polar surface area (TPSA) is 49.7 Å². The summed E-state index contributed by atoms with van der Waals surface area (Å²) < 4.78 is 2.01. The van der Waals surface area contributed by atoms with E-state index in [1.807, 2.05) is 23.3 Å². The summed E-state index contributed by atoms with van der Waals surface area (Å²) in [5.74, 6) is 0. The molecule has 2 aromatic heterocycles. The minimum Gasteiger partial charge on any atom is -0.363 e. The number of anilines is 1. The molecule has 0 unspecified atom stereocenters. The van der Waals surface area contributed by atoms with Crippen LogP contribution >= 0.6 is 0 Å². The molecule has 3 rings (SSSR count). The second-order valence-electron chi connectivity index (χ2n) is 5.29. The summed E-state index contributed by atoms with van der Waals surface area (Å²) in [6, 6.07) is 8.87. The molecular formula is C16H19N5. The molecule has 0 radical (unpaired) electrons. The first kappa shape index (κ1) is 13.4. The maximum Gasteiger partial charge on any atom is 0.0991 e. The van der Waals surface area contributed by atoms with Gasteiger partial charge in [0.25, 0.3) is 0 Å². The van der Waals surface area contributed by atoms with Crippen LogP contribution in [0.1, 0.15) is 19.5 Å². The highest BCUT2D eigenvalue weighted by molar-refractivity contribution is 5.54. The van der Waals surface area contributed by atoms with Crippen molar-refractivity contribution in [2.24, 2.45) is 0 Å². The molecule has 5 heteroatoms. The highest BCUT2D eigenvalue weighted by atomic mass is 15.2. The molecule has 5 nitrogen and oxygen atoms in total. The quantitative estimate of drug-likeness (QED) is 0.782. The van der Waals surface area contributed by atoms with Crippen LogP contribution in [-0.4, -0.2) is 25.6 Å². The summed E-state index contributed by atoms with van der Waals surface area (Å²) in [5, 5.41) is 0. The van der Waals surface area contributed by atoms with Crippen LogP contribution in [0.4, 0.5) is 5.69 Å². The molecule has 0 amide bonds. The van der Waals surface area contributed by atoms with Gasteiger partial charge in [0.1, 0.15) is 0 Å². The van der Waals surface area contributed by atoms with Gasteiger partial charge in [-0.1, -0.05) is 6.07 Å². The third-order valence-electron chi connectivity index (χ3n) is 3.48. The highest BCUT2D eigenvalue weighted by Gasteiger charge is 2.12. The number of imidazole rings is 2. The third kappa shape index (κ3) is 2.97. The van der Waals surface area contributed by atoms with E-state index in [4.69, 9.17) is 0 Å². The predicted molar refractivity (Wildman–Crippen MR) is 83.5 cm³/mol. The van der Waals surface area contributed by atoms with E-state index in [1.54, 1.807) is 12.5 Å². The number of aromatic amines is 1. The maximum atomic E-state index is 4.11. The number of rotatable bonds is 5. The Morgan fingerprint density at radius 1 is 1.29 bits per heavy atom. The summed E-state index contributed by atoms with van der Waals surface area (Å²) >= 11 is 0. The van der Waals surface area contributed by atoms with Crippen LogP contribution in [0.2, 0.25) is 0 Å². The number of benzene rings is 1. The smallest absolute Gasteiger partial charge is 0.0991 e. The second-order valence-corrected chi connectivity index (χ2v) is 5.29. The Bertz CT molecular complexity index is 671. The molecule has 0 saturated heterocycles. The fourth-order valence-electron chi connectivity index (χ4n) is 2.37. The molecule has 0 aliphatic carbocycles. The fourth-order valence-corrected chi connectivity index (χ4v) is 2.37. The average Bonchev–Trinajstić information content (AvgIpc) is 3.18. The SMILES string of the molecule is CC(C)N(Cc1cnc[nH]1)c1cccc(-n2ccnc2)c1. The van der Waals surface area contributed by atoms with Gasteiger partial charge in [0.2, 0.25) is 0 Å². The van der Waals surface area contributed by atoms with E-state index < -0.39 is 0 Å². The number of nitrogens with zero attached hydrogens (tertiary/aromatic N) is 4. The van der Waals surface area contributed by atoms with Gasteiger partial charge in [-0.3, -0.25) is 0 Å². The van der Waals surface area contributed by atoms with Crippen molar-refractivity contribution in [1.82, 2.24) is 19.5 Å². The van der Waals surface area contributed by atoms with Crippen molar-refractivity contribution in [2.75, 3.05) is 4.90 Å². The maximum absolute atomic E-state index is 4.11. The summed E-state index contributed by atoms with van der Waals surface area (Å²) in [6.45, 7) is 5.20. The fraction of sp³-hybridized carbons (Fsp3) is 0.250. The number of aromatic nitrogens is 4. The molecule has 3 aromatic rings. The van der Waals surface area contributed by atoms with E-state index in [9.17, 15) is 0 Å². The summed E-state index contributed by atoms with van der Waals surface area (Å²) in [4.78, 5) is 13.7. The van der Waals surface area contributed by atoms with Crippen molar-refractivity contribution in [3.8, 4) is 5.69 Å². The van der Waals surface area contributed by atoms with Crippen LogP contribution in [-0.2, 0) is 6.54 Å². The Hall–Kier alpha value is -2.56. The summed E-state index contributed by atoms with van der Waals surface area (Å²) in [7, 11) is 0. The van der Waals surface area contributed by atoms with Gasteiger partial charge in [0, 0.05) is 36.0 Å². The van der Waals surface area contributed by atoms with Crippen LogP contribution in [0.3, 0.4) is 0 Å². The van der Waals surface area contributed by atoms with Crippen molar-refractivity contribution in [1.29, 1.82) is 0 Å². The summed E-state index contributed by atoms with van der Waals surface area (Å²) in [6.07, 6.45) is 9.14. The van der Waals surface area contributed by atoms with Crippen molar-refractivity contribution < 1.29 is 0 Å². The molecule has 0 bridgehead atoms. The molecule has 0 saturated carbocycles. The lowest BCUT2D eigenvalue weighted by Gasteiger charge is -2.29. The van der Waals surface area contributed by atoms with E-state index in [2.05, 4.69) is 58.0 Å². The Kier molecular flexibility index (Phi) is 3.73. The van der Waals surface area contributed by atoms with Crippen LogP contribution in [0, 0.1) is 0 Å². The first-order valence-corrected chi connectivity index (χ1v) is 7.06.